The van der Waals surface area contributed by atoms with Gasteiger partial charge in [-0.05, 0) is 42.7 Å². The lowest BCUT2D eigenvalue weighted by molar-refractivity contribution is -0.120. The van der Waals surface area contributed by atoms with Crippen molar-refractivity contribution in [3.63, 3.8) is 0 Å². The summed E-state index contributed by atoms with van der Waals surface area (Å²) in [5, 5.41) is 2.88. The summed E-state index contributed by atoms with van der Waals surface area (Å²) in [5.74, 6) is -1.36. The van der Waals surface area contributed by atoms with Crippen molar-refractivity contribution in [2.24, 2.45) is 5.92 Å². The van der Waals surface area contributed by atoms with Crippen molar-refractivity contribution < 1.29 is 27.1 Å². The van der Waals surface area contributed by atoms with Crippen LogP contribution >= 0.6 is 0 Å². The second-order valence-electron chi connectivity index (χ2n) is 8.50. The molecule has 0 radical (unpaired) electrons. The lowest BCUT2D eigenvalue weighted by atomic mass is 9.97. The van der Waals surface area contributed by atoms with E-state index in [9.17, 15) is 22.4 Å². The van der Waals surface area contributed by atoms with Gasteiger partial charge in [0.25, 0.3) is 5.91 Å². The van der Waals surface area contributed by atoms with Gasteiger partial charge in [-0.2, -0.15) is 0 Å². The lowest BCUT2D eigenvalue weighted by Gasteiger charge is -2.31. The molecular weight excluding hydrogens is 461 g/mol. The Morgan fingerprint density at radius 1 is 0.971 bits per heavy atom. The van der Waals surface area contributed by atoms with Crippen LogP contribution in [0.5, 0.6) is 0 Å². The molecule has 0 bridgehead atoms. The lowest BCUT2D eigenvalue weighted by Crippen LogP contribution is -2.42. The molecule has 0 atom stereocenters. The van der Waals surface area contributed by atoms with E-state index >= 15 is 0 Å². The smallest absolute Gasteiger partial charge is 0.256 e. The number of amides is 2. The fourth-order valence-corrected chi connectivity index (χ4v) is 5.79. The zero-order valence-electron chi connectivity index (χ0n) is 18.8. The third-order valence-electron chi connectivity index (χ3n) is 6.19. The Bertz CT molecular complexity index is 1130. The van der Waals surface area contributed by atoms with Crippen molar-refractivity contribution in [1.82, 2.24) is 9.21 Å². The highest BCUT2D eigenvalue weighted by molar-refractivity contribution is 7.88. The molecule has 0 aliphatic carbocycles. The van der Waals surface area contributed by atoms with Crippen LogP contribution in [0, 0.1) is 11.7 Å². The molecule has 0 unspecified atom stereocenters. The first-order valence-electron chi connectivity index (χ1n) is 11.3. The minimum atomic E-state index is -3.57. The number of hydrogen-bond acceptors (Lipinski definition) is 5. The molecule has 2 fully saturated rings. The fraction of sp³-hybridized carbons (Fsp3) is 0.417. The molecular formula is C24H28FN3O5S. The maximum Gasteiger partial charge on any atom is 0.256 e. The van der Waals surface area contributed by atoms with Crippen molar-refractivity contribution in [1.29, 1.82) is 0 Å². The molecule has 2 aromatic rings. The van der Waals surface area contributed by atoms with Crippen molar-refractivity contribution in [3.05, 3.63) is 65.5 Å². The van der Waals surface area contributed by atoms with E-state index in [0.717, 1.165) is 0 Å². The van der Waals surface area contributed by atoms with Gasteiger partial charge in [0.05, 0.1) is 30.2 Å². The van der Waals surface area contributed by atoms with Crippen molar-refractivity contribution in [3.8, 4) is 0 Å². The molecule has 34 heavy (non-hydrogen) atoms. The van der Waals surface area contributed by atoms with E-state index in [0.29, 0.717) is 56.0 Å². The molecule has 2 aliphatic rings. The molecule has 0 aromatic heterocycles. The van der Waals surface area contributed by atoms with E-state index in [1.165, 1.54) is 28.6 Å². The molecule has 2 aliphatic heterocycles. The van der Waals surface area contributed by atoms with Crippen LogP contribution in [0.2, 0.25) is 0 Å². The number of ether oxygens (including phenoxy) is 1. The monoisotopic (exact) mass is 489 g/mol. The first-order chi connectivity index (χ1) is 16.3. The average molecular weight is 490 g/mol. The summed E-state index contributed by atoms with van der Waals surface area (Å²) >= 11 is 0. The summed E-state index contributed by atoms with van der Waals surface area (Å²) in [4.78, 5) is 27.6. The number of anilines is 1. The van der Waals surface area contributed by atoms with Gasteiger partial charge < -0.3 is 15.0 Å². The molecule has 0 spiro atoms. The molecule has 0 saturated carbocycles. The van der Waals surface area contributed by atoms with Gasteiger partial charge in [0.2, 0.25) is 15.9 Å². The summed E-state index contributed by atoms with van der Waals surface area (Å²) in [6, 6.07) is 12.3. The summed E-state index contributed by atoms with van der Waals surface area (Å²) in [6.07, 6.45) is 0.766. The van der Waals surface area contributed by atoms with Crippen LogP contribution in [-0.2, 0) is 25.3 Å². The molecule has 1 N–H and O–H groups in total. The van der Waals surface area contributed by atoms with Crippen LogP contribution in [0.15, 0.2) is 48.5 Å². The van der Waals surface area contributed by atoms with Crippen LogP contribution in [0.25, 0.3) is 0 Å². The van der Waals surface area contributed by atoms with Crippen LogP contribution in [0.3, 0.4) is 0 Å². The zero-order valence-corrected chi connectivity index (χ0v) is 19.6. The zero-order chi connectivity index (χ0) is 24.1. The van der Waals surface area contributed by atoms with Gasteiger partial charge in [0, 0.05) is 32.1 Å². The number of nitrogens with one attached hydrogen (secondary N) is 1. The number of sulfonamides is 1. The average Bonchev–Trinajstić information content (AvgIpc) is 2.86. The summed E-state index contributed by atoms with van der Waals surface area (Å²) in [5.41, 5.74) is 1.40. The molecule has 182 valence electrons. The van der Waals surface area contributed by atoms with E-state index in [-0.39, 0.29) is 36.6 Å². The number of carbonyl (C=O) groups excluding carboxylic acids is 2. The first-order valence-corrected chi connectivity index (χ1v) is 12.9. The summed E-state index contributed by atoms with van der Waals surface area (Å²) < 4.78 is 45.3. The van der Waals surface area contributed by atoms with Crippen LogP contribution in [0.1, 0.15) is 28.8 Å². The van der Waals surface area contributed by atoms with Crippen LogP contribution in [0.4, 0.5) is 10.1 Å². The highest BCUT2D eigenvalue weighted by Gasteiger charge is 2.32. The maximum atomic E-state index is 13.1. The van der Waals surface area contributed by atoms with E-state index < -0.39 is 15.8 Å². The van der Waals surface area contributed by atoms with E-state index in [1.807, 2.05) is 0 Å². The molecule has 2 aromatic carbocycles. The Morgan fingerprint density at radius 2 is 1.62 bits per heavy atom. The number of halogens is 1. The Kier molecular flexibility index (Phi) is 7.60. The maximum absolute atomic E-state index is 13.1. The number of piperidine rings is 1. The second kappa shape index (κ2) is 10.6. The Hall–Kier alpha value is -2.82. The highest BCUT2D eigenvalue weighted by Crippen LogP contribution is 2.25. The van der Waals surface area contributed by atoms with E-state index in [2.05, 4.69) is 5.32 Å². The largest absolute Gasteiger partial charge is 0.378 e. The number of rotatable bonds is 6. The van der Waals surface area contributed by atoms with Crippen molar-refractivity contribution >= 4 is 27.5 Å². The number of benzene rings is 2. The molecule has 2 saturated heterocycles. The third-order valence-corrected chi connectivity index (χ3v) is 8.04. The van der Waals surface area contributed by atoms with Gasteiger partial charge in [0.1, 0.15) is 5.82 Å². The van der Waals surface area contributed by atoms with Crippen LogP contribution in [-0.4, -0.2) is 68.8 Å². The fourth-order valence-electron chi connectivity index (χ4n) is 4.23. The molecule has 2 amide bonds. The first kappa shape index (κ1) is 24.3. The van der Waals surface area contributed by atoms with Gasteiger partial charge in [0.15, 0.2) is 0 Å². The SMILES string of the molecule is O=C(Nc1ccccc1C(=O)N1CCOCC1)C1CCN(S(=O)(=O)Cc2ccc(F)cc2)CC1. The third kappa shape index (κ3) is 5.81. The van der Waals surface area contributed by atoms with E-state index in [1.54, 1.807) is 29.2 Å². The normalized spacial score (nSPS) is 18.0. The second-order valence-corrected chi connectivity index (χ2v) is 10.5. The Labute approximate surface area is 198 Å². The Balaban J connectivity index is 1.35. The predicted octanol–water partition coefficient (Wildman–Crippen LogP) is 2.48. The van der Waals surface area contributed by atoms with Crippen molar-refractivity contribution in [2.45, 2.75) is 18.6 Å². The highest BCUT2D eigenvalue weighted by atomic mass is 32.2. The van der Waals surface area contributed by atoms with E-state index in [4.69, 9.17) is 4.74 Å². The quantitative estimate of drug-likeness (QED) is 0.673. The molecule has 10 heteroatoms. The van der Waals surface area contributed by atoms with Gasteiger partial charge in [-0.3, -0.25) is 9.59 Å². The number of hydrogen-bond donors (Lipinski definition) is 1. The topological polar surface area (TPSA) is 96.0 Å². The molecule has 4 rings (SSSR count). The van der Waals surface area contributed by atoms with Gasteiger partial charge >= 0.3 is 0 Å². The van der Waals surface area contributed by atoms with Gasteiger partial charge in [-0.25, -0.2) is 17.1 Å². The number of carbonyl (C=O) groups is 2. The standard InChI is InChI=1S/C24H28FN3O5S/c25-20-7-5-18(6-8-20)17-34(31,32)28-11-9-19(10-12-28)23(29)26-22-4-2-1-3-21(22)24(30)27-13-15-33-16-14-27/h1-8,19H,9-17H2,(H,26,29). The minimum Gasteiger partial charge on any atom is -0.378 e. The van der Waals surface area contributed by atoms with Crippen molar-refractivity contribution in [2.75, 3.05) is 44.7 Å². The Morgan fingerprint density at radius 3 is 2.29 bits per heavy atom. The van der Waals surface area contributed by atoms with Gasteiger partial charge in [-0.15, -0.1) is 0 Å². The number of morpholine rings is 1. The molecule has 8 nitrogen and oxygen atoms in total. The van der Waals surface area contributed by atoms with Crippen LogP contribution < -0.4 is 5.32 Å². The number of nitrogens with zero attached hydrogens (tertiary/aromatic N) is 2. The number of para-hydroxylation sites is 1. The van der Waals surface area contributed by atoms with Gasteiger partial charge in [-0.1, -0.05) is 24.3 Å². The minimum absolute atomic E-state index is 0.152. The summed E-state index contributed by atoms with van der Waals surface area (Å²) in [7, 11) is -3.57. The predicted molar refractivity (Wildman–Crippen MR) is 125 cm³/mol. The molecule has 2 heterocycles. The summed E-state index contributed by atoms with van der Waals surface area (Å²) in [6.45, 7) is 2.45.